The summed E-state index contributed by atoms with van der Waals surface area (Å²) in [5.74, 6) is 2.93. The molecule has 0 spiro atoms. The molecule has 2 heterocycles. The van der Waals surface area contributed by atoms with Crippen LogP contribution in [0, 0.1) is 12.3 Å². The lowest BCUT2D eigenvalue weighted by Crippen LogP contribution is -2.40. The van der Waals surface area contributed by atoms with Crippen LogP contribution in [0.2, 0.25) is 0 Å². The molecule has 0 bridgehead atoms. The van der Waals surface area contributed by atoms with Crippen LogP contribution in [0.4, 0.5) is 0 Å². The van der Waals surface area contributed by atoms with Crippen molar-refractivity contribution in [3.63, 3.8) is 0 Å². The quantitative estimate of drug-likeness (QED) is 0.159. The van der Waals surface area contributed by atoms with Gasteiger partial charge in [0, 0.05) is 10.5 Å². The van der Waals surface area contributed by atoms with Gasteiger partial charge in [0.25, 0.3) is 5.56 Å². The van der Waals surface area contributed by atoms with E-state index in [0.717, 1.165) is 21.6 Å². The number of esters is 1. The molecular formula is C33H28N2O5S2. The number of carbonyl (C=O) groups is 1. The Labute approximate surface area is 251 Å². The zero-order chi connectivity index (χ0) is 29.6. The smallest absolute Gasteiger partial charge is 0.338 e. The molecule has 4 aromatic rings. The average molecular weight is 597 g/mol. The molecule has 0 fully saturated rings. The summed E-state index contributed by atoms with van der Waals surface area (Å²) in [4.78, 5) is 34.1. The third-order valence-corrected chi connectivity index (χ3v) is 8.33. The van der Waals surface area contributed by atoms with Gasteiger partial charge in [-0.05, 0) is 54.6 Å². The van der Waals surface area contributed by atoms with Gasteiger partial charge in [-0.3, -0.25) is 9.36 Å². The minimum absolute atomic E-state index is 0.110. The van der Waals surface area contributed by atoms with Crippen LogP contribution in [0.3, 0.4) is 0 Å². The van der Waals surface area contributed by atoms with E-state index < -0.39 is 12.0 Å². The number of carbonyl (C=O) groups excluding carboxylic acids is 1. The van der Waals surface area contributed by atoms with Gasteiger partial charge in [-0.1, -0.05) is 65.8 Å². The molecule has 1 aromatic heterocycles. The number of hydrogen-bond acceptors (Lipinski definition) is 8. The zero-order valence-corrected chi connectivity index (χ0v) is 25.0. The second-order valence-corrected chi connectivity index (χ2v) is 11.0. The molecule has 1 atom stereocenters. The van der Waals surface area contributed by atoms with E-state index in [1.54, 1.807) is 48.6 Å². The standard InChI is InChI=1S/C33H28N2O5S2/c1-5-18-40-25-17-12-21(19-26(25)38-3)20-27-31(36)35-30(23-13-15-24(41-4)16-14-23)28(32(37)39-6-2)29(34-33(35)42-27)22-10-8-7-9-11-22/h1,7-17,19-20,30H,6,18H2,2-4H3/b27-20-/t30-/m1/s1. The number of rotatable bonds is 9. The fraction of sp³-hybridized carbons (Fsp3) is 0.182. The van der Waals surface area contributed by atoms with Crippen LogP contribution in [0.1, 0.15) is 29.7 Å². The Bertz CT molecular complexity index is 1870. The first-order valence-corrected chi connectivity index (χ1v) is 15.2. The highest BCUT2D eigenvalue weighted by Gasteiger charge is 2.35. The third kappa shape index (κ3) is 5.77. The van der Waals surface area contributed by atoms with Gasteiger partial charge in [-0.25, -0.2) is 9.79 Å². The highest BCUT2D eigenvalue weighted by molar-refractivity contribution is 7.98. The Kier molecular flexibility index (Phi) is 8.96. The Hall–Kier alpha value is -4.52. The summed E-state index contributed by atoms with van der Waals surface area (Å²) < 4.78 is 18.6. The topological polar surface area (TPSA) is 79.1 Å². The molecule has 0 unspecified atom stereocenters. The number of terminal acetylenes is 1. The van der Waals surface area contributed by atoms with E-state index in [1.807, 2.05) is 66.9 Å². The molecule has 5 rings (SSSR count). The summed E-state index contributed by atoms with van der Waals surface area (Å²) in [5.41, 5.74) is 2.81. The predicted octanol–water partition coefficient (Wildman–Crippen LogP) is 4.68. The molecule has 1 aliphatic heterocycles. The monoisotopic (exact) mass is 596 g/mol. The van der Waals surface area contributed by atoms with Crippen molar-refractivity contribution in [1.82, 2.24) is 4.57 Å². The van der Waals surface area contributed by atoms with Crippen molar-refractivity contribution >= 4 is 40.8 Å². The number of nitrogens with zero attached hydrogens (tertiary/aromatic N) is 2. The summed E-state index contributed by atoms with van der Waals surface area (Å²) >= 11 is 2.88. The van der Waals surface area contributed by atoms with Crippen molar-refractivity contribution in [3.05, 3.63) is 115 Å². The largest absolute Gasteiger partial charge is 0.493 e. The number of methoxy groups -OCH3 is 1. The first kappa shape index (κ1) is 29.0. The molecule has 0 saturated heterocycles. The molecule has 1 aliphatic rings. The predicted molar refractivity (Wildman–Crippen MR) is 167 cm³/mol. The summed E-state index contributed by atoms with van der Waals surface area (Å²) in [6.07, 6.45) is 9.10. The van der Waals surface area contributed by atoms with Gasteiger partial charge in [0.2, 0.25) is 0 Å². The van der Waals surface area contributed by atoms with Gasteiger partial charge in [0.05, 0.1) is 35.6 Å². The lowest BCUT2D eigenvalue weighted by atomic mass is 9.93. The fourth-order valence-electron chi connectivity index (χ4n) is 4.71. The number of ether oxygens (including phenoxy) is 3. The highest BCUT2D eigenvalue weighted by atomic mass is 32.2. The number of benzene rings is 3. The molecule has 9 heteroatoms. The first-order chi connectivity index (χ1) is 20.5. The number of aromatic nitrogens is 1. The second kappa shape index (κ2) is 13.0. The van der Waals surface area contributed by atoms with Crippen molar-refractivity contribution in [2.45, 2.75) is 17.9 Å². The zero-order valence-electron chi connectivity index (χ0n) is 23.3. The van der Waals surface area contributed by atoms with E-state index in [9.17, 15) is 9.59 Å². The number of thioether (sulfide) groups is 1. The minimum atomic E-state index is -0.734. The van der Waals surface area contributed by atoms with Gasteiger partial charge >= 0.3 is 5.97 Å². The van der Waals surface area contributed by atoms with Crippen LogP contribution in [0.15, 0.2) is 93.1 Å². The van der Waals surface area contributed by atoms with Crippen LogP contribution < -0.4 is 24.4 Å². The Morgan fingerprint density at radius 2 is 1.88 bits per heavy atom. The van der Waals surface area contributed by atoms with Crippen molar-refractivity contribution < 1.29 is 19.0 Å². The van der Waals surface area contributed by atoms with Crippen LogP contribution in [0.25, 0.3) is 11.8 Å². The maximum atomic E-state index is 14.1. The molecule has 0 radical (unpaired) electrons. The molecule has 42 heavy (non-hydrogen) atoms. The Morgan fingerprint density at radius 1 is 1.12 bits per heavy atom. The number of thiazole rings is 1. The molecule has 7 nitrogen and oxygen atoms in total. The summed E-state index contributed by atoms with van der Waals surface area (Å²) in [6, 6.07) is 22.0. The van der Waals surface area contributed by atoms with Crippen molar-refractivity contribution in [2.75, 3.05) is 26.6 Å². The third-order valence-electron chi connectivity index (χ3n) is 6.60. The van der Waals surface area contributed by atoms with Gasteiger partial charge in [-0.15, -0.1) is 18.2 Å². The molecule has 0 aliphatic carbocycles. The van der Waals surface area contributed by atoms with E-state index in [1.165, 1.54) is 11.3 Å². The van der Waals surface area contributed by atoms with E-state index in [-0.39, 0.29) is 18.8 Å². The highest BCUT2D eigenvalue weighted by Crippen LogP contribution is 2.36. The maximum absolute atomic E-state index is 14.1. The molecule has 3 aromatic carbocycles. The van der Waals surface area contributed by atoms with Gasteiger partial charge < -0.3 is 14.2 Å². The van der Waals surface area contributed by atoms with Crippen molar-refractivity contribution in [1.29, 1.82) is 0 Å². The summed E-state index contributed by atoms with van der Waals surface area (Å²) in [6.45, 7) is 2.06. The lowest BCUT2D eigenvalue weighted by Gasteiger charge is -2.26. The van der Waals surface area contributed by atoms with E-state index >= 15 is 0 Å². The van der Waals surface area contributed by atoms with Crippen LogP contribution in [-0.2, 0) is 9.53 Å². The van der Waals surface area contributed by atoms with Gasteiger partial charge in [-0.2, -0.15) is 0 Å². The minimum Gasteiger partial charge on any atom is -0.493 e. The second-order valence-electron chi connectivity index (χ2n) is 9.11. The van der Waals surface area contributed by atoms with Crippen LogP contribution in [-0.4, -0.2) is 37.1 Å². The number of fused-ring (bicyclic) bond motifs is 1. The fourth-order valence-corrected chi connectivity index (χ4v) is 6.12. The normalized spacial score (nSPS) is 14.5. The average Bonchev–Trinajstić information content (AvgIpc) is 3.34. The van der Waals surface area contributed by atoms with E-state index in [4.69, 9.17) is 25.6 Å². The van der Waals surface area contributed by atoms with Crippen LogP contribution >= 0.6 is 23.1 Å². The molecular weight excluding hydrogens is 569 g/mol. The first-order valence-electron chi connectivity index (χ1n) is 13.2. The lowest BCUT2D eigenvalue weighted by molar-refractivity contribution is -0.138. The van der Waals surface area contributed by atoms with Gasteiger partial charge in [0.1, 0.15) is 6.61 Å². The number of hydrogen-bond donors (Lipinski definition) is 0. The molecule has 0 saturated carbocycles. The molecule has 0 amide bonds. The molecule has 0 N–H and O–H groups in total. The Morgan fingerprint density at radius 3 is 2.55 bits per heavy atom. The van der Waals surface area contributed by atoms with Crippen molar-refractivity contribution in [2.24, 2.45) is 4.99 Å². The summed E-state index contributed by atoms with van der Waals surface area (Å²) in [5, 5.41) is 0. The SMILES string of the molecule is C#CCOc1ccc(/C=c2\sc3n(c2=O)[C@H](c2ccc(SC)cc2)C(C(=O)OCC)=C(c2ccccc2)N=3)cc1OC. The van der Waals surface area contributed by atoms with E-state index in [0.29, 0.717) is 32.1 Å². The Balaban J connectivity index is 1.75. The van der Waals surface area contributed by atoms with E-state index in [2.05, 4.69) is 5.92 Å². The molecule has 212 valence electrons. The van der Waals surface area contributed by atoms with Gasteiger partial charge in [0.15, 0.2) is 16.3 Å². The van der Waals surface area contributed by atoms with Crippen LogP contribution in [0.5, 0.6) is 11.5 Å². The summed E-state index contributed by atoms with van der Waals surface area (Å²) in [7, 11) is 1.54. The van der Waals surface area contributed by atoms with Crippen molar-refractivity contribution in [3.8, 4) is 23.8 Å². The maximum Gasteiger partial charge on any atom is 0.338 e.